The number of ether oxygens (including phenoxy) is 1. The van der Waals surface area contributed by atoms with Crippen LogP contribution < -0.4 is 0 Å². The Balaban J connectivity index is 2.28. The number of hydrogen-bond acceptors (Lipinski definition) is 4. The fraction of sp³-hybridized carbons (Fsp3) is 0.556. The first-order chi connectivity index (χ1) is 6.68. The molecule has 1 N–H and O–H groups in total. The van der Waals surface area contributed by atoms with E-state index in [-0.39, 0.29) is 12.0 Å². The average molecular weight is 197 g/mol. The molecular weight excluding hydrogens is 186 g/mol. The quantitative estimate of drug-likeness (QED) is 0.778. The third kappa shape index (κ3) is 1.50. The van der Waals surface area contributed by atoms with E-state index >= 15 is 0 Å². The van der Waals surface area contributed by atoms with Gasteiger partial charge in [0.1, 0.15) is 17.6 Å². The van der Waals surface area contributed by atoms with Crippen LogP contribution in [-0.2, 0) is 4.74 Å². The van der Waals surface area contributed by atoms with Crippen LogP contribution in [0.25, 0.3) is 0 Å². The van der Waals surface area contributed by atoms with Gasteiger partial charge < -0.3 is 14.3 Å². The van der Waals surface area contributed by atoms with Crippen molar-refractivity contribution < 1.29 is 19.1 Å². The summed E-state index contributed by atoms with van der Waals surface area (Å²) in [6.07, 6.45) is 1.78. The molecule has 1 aromatic rings. The number of nitrogens with zero attached hydrogens (tertiary/aromatic N) is 1. The Morgan fingerprint density at radius 2 is 2.43 bits per heavy atom. The van der Waals surface area contributed by atoms with E-state index in [9.17, 15) is 4.79 Å². The summed E-state index contributed by atoms with van der Waals surface area (Å²) in [5.41, 5.74) is 0.625. The first-order valence-electron chi connectivity index (χ1n) is 4.50. The normalized spacial score (nSPS) is 21.4. The summed E-state index contributed by atoms with van der Waals surface area (Å²) in [5.74, 6) is -0.861. The number of oxazole rings is 1. The second-order valence-corrected chi connectivity index (χ2v) is 3.27. The Kier molecular flexibility index (Phi) is 2.25. The molecule has 1 aromatic heterocycles. The zero-order chi connectivity index (χ0) is 10.1. The van der Waals surface area contributed by atoms with Crippen LogP contribution in [0, 0.1) is 6.92 Å². The molecule has 0 spiro atoms. The molecule has 1 unspecified atom stereocenters. The van der Waals surface area contributed by atoms with Crippen molar-refractivity contribution in [1.82, 2.24) is 4.98 Å². The van der Waals surface area contributed by atoms with Gasteiger partial charge >= 0.3 is 11.9 Å². The highest BCUT2D eigenvalue weighted by atomic mass is 16.5. The largest absolute Gasteiger partial charge is 0.474 e. The van der Waals surface area contributed by atoms with Crippen LogP contribution in [0.2, 0.25) is 0 Å². The molecule has 1 aliphatic rings. The number of aromatic nitrogens is 1. The third-order valence-corrected chi connectivity index (χ3v) is 2.25. The fourth-order valence-electron chi connectivity index (χ4n) is 1.59. The second kappa shape index (κ2) is 3.42. The monoisotopic (exact) mass is 197 g/mol. The molecule has 0 amide bonds. The predicted molar refractivity (Wildman–Crippen MR) is 46.1 cm³/mol. The van der Waals surface area contributed by atoms with Crippen LogP contribution in [0.4, 0.5) is 0 Å². The molecule has 0 aromatic carbocycles. The van der Waals surface area contributed by atoms with E-state index < -0.39 is 5.97 Å². The van der Waals surface area contributed by atoms with Gasteiger partial charge in [0, 0.05) is 6.61 Å². The molecule has 0 aliphatic carbocycles. The van der Waals surface area contributed by atoms with Gasteiger partial charge in [-0.1, -0.05) is 0 Å². The van der Waals surface area contributed by atoms with Crippen LogP contribution in [0.3, 0.4) is 0 Å². The van der Waals surface area contributed by atoms with Crippen molar-refractivity contribution in [3.8, 4) is 0 Å². The van der Waals surface area contributed by atoms with E-state index in [0.29, 0.717) is 18.1 Å². The van der Waals surface area contributed by atoms with E-state index in [4.69, 9.17) is 14.3 Å². The van der Waals surface area contributed by atoms with Gasteiger partial charge in [0.15, 0.2) is 0 Å². The van der Waals surface area contributed by atoms with Gasteiger partial charge in [-0.15, -0.1) is 0 Å². The van der Waals surface area contributed by atoms with E-state index in [2.05, 4.69) is 4.98 Å². The van der Waals surface area contributed by atoms with E-state index in [1.165, 1.54) is 0 Å². The van der Waals surface area contributed by atoms with Crippen LogP contribution in [-0.4, -0.2) is 22.7 Å². The Bertz CT molecular complexity index is 352. The number of rotatable bonds is 2. The minimum atomic E-state index is -1.14. The molecule has 0 saturated carbocycles. The maximum Gasteiger partial charge on any atom is 0.392 e. The minimum Gasteiger partial charge on any atom is -0.474 e. The van der Waals surface area contributed by atoms with Gasteiger partial charge in [-0.25, -0.2) is 9.78 Å². The van der Waals surface area contributed by atoms with E-state index in [1.54, 1.807) is 6.92 Å². The smallest absolute Gasteiger partial charge is 0.392 e. The van der Waals surface area contributed by atoms with E-state index in [1.807, 2.05) is 0 Å². The fourth-order valence-corrected chi connectivity index (χ4v) is 1.59. The molecule has 1 atom stereocenters. The van der Waals surface area contributed by atoms with Gasteiger partial charge in [-0.3, -0.25) is 0 Å². The molecule has 1 aliphatic heterocycles. The van der Waals surface area contributed by atoms with Crippen molar-refractivity contribution in [1.29, 1.82) is 0 Å². The molecule has 5 nitrogen and oxygen atoms in total. The van der Waals surface area contributed by atoms with Crippen LogP contribution >= 0.6 is 0 Å². The molecule has 2 heterocycles. The summed E-state index contributed by atoms with van der Waals surface area (Å²) < 4.78 is 10.4. The number of aromatic carboxylic acids is 1. The molecule has 0 bridgehead atoms. The van der Waals surface area contributed by atoms with Gasteiger partial charge in [-0.2, -0.15) is 0 Å². The SMILES string of the molecule is Cc1oc(C(=O)O)nc1C1CCCO1. The van der Waals surface area contributed by atoms with Crippen molar-refractivity contribution in [3.05, 3.63) is 17.3 Å². The summed E-state index contributed by atoms with van der Waals surface area (Å²) in [4.78, 5) is 14.5. The third-order valence-electron chi connectivity index (χ3n) is 2.25. The second-order valence-electron chi connectivity index (χ2n) is 3.27. The minimum absolute atomic E-state index is 0.0909. The lowest BCUT2D eigenvalue weighted by molar-refractivity contribution is 0.0652. The zero-order valence-corrected chi connectivity index (χ0v) is 7.82. The summed E-state index contributed by atoms with van der Waals surface area (Å²) in [6, 6.07) is 0. The molecule has 5 heteroatoms. The molecule has 1 saturated heterocycles. The van der Waals surface area contributed by atoms with Crippen molar-refractivity contribution in [2.45, 2.75) is 25.9 Å². The zero-order valence-electron chi connectivity index (χ0n) is 7.82. The molecule has 14 heavy (non-hydrogen) atoms. The average Bonchev–Trinajstić information content (AvgIpc) is 2.71. The van der Waals surface area contributed by atoms with Gasteiger partial charge in [0.25, 0.3) is 0 Å². The Morgan fingerprint density at radius 3 is 2.93 bits per heavy atom. The highest BCUT2D eigenvalue weighted by molar-refractivity contribution is 5.82. The topological polar surface area (TPSA) is 72.6 Å². The summed E-state index contributed by atoms with van der Waals surface area (Å²) >= 11 is 0. The van der Waals surface area contributed by atoms with Crippen LogP contribution in [0.15, 0.2) is 4.42 Å². The number of hydrogen-bond donors (Lipinski definition) is 1. The number of carbonyl (C=O) groups is 1. The van der Waals surface area contributed by atoms with Gasteiger partial charge in [-0.05, 0) is 19.8 Å². The predicted octanol–water partition coefficient (Wildman–Crippen LogP) is 1.53. The standard InChI is InChI=1S/C9H11NO4/c1-5-7(6-3-2-4-13-6)10-8(14-5)9(11)12/h6H,2-4H2,1H3,(H,11,12). The maximum absolute atomic E-state index is 10.6. The summed E-state index contributed by atoms with van der Waals surface area (Å²) in [7, 11) is 0. The van der Waals surface area contributed by atoms with Gasteiger partial charge in [0.05, 0.1) is 0 Å². The summed E-state index contributed by atoms with van der Waals surface area (Å²) in [6.45, 7) is 2.41. The molecule has 1 fully saturated rings. The molecule has 0 radical (unpaired) electrons. The number of aryl methyl sites for hydroxylation is 1. The highest BCUT2D eigenvalue weighted by Gasteiger charge is 2.25. The number of carboxylic acids is 1. The Hall–Kier alpha value is -1.36. The Morgan fingerprint density at radius 1 is 1.64 bits per heavy atom. The van der Waals surface area contributed by atoms with Crippen molar-refractivity contribution >= 4 is 5.97 Å². The van der Waals surface area contributed by atoms with E-state index in [0.717, 1.165) is 12.8 Å². The van der Waals surface area contributed by atoms with Crippen molar-refractivity contribution in [2.75, 3.05) is 6.61 Å². The molecule has 2 rings (SSSR count). The van der Waals surface area contributed by atoms with Crippen LogP contribution in [0.5, 0.6) is 0 Å². The lowest BCUT2D eigenvalue weighted by Gasteiger charge is -2.04. The lowest BCUT2D eigenvalue weighted by Crippen LogP contribution is -2.00. The van der Waals surface area contributed by atoms with Crippen molar-refractivity contribution in [3.63, 3.8) is 0 Å². The molecule has 76 valence electrons. The maximum atomic E-state index is 10.6. The van der Waals surface area contributed by atoms with Gasteiger partial charge in [0.2, 0.25) is 0 Å². The van der Waals surface area contributed by atoms with Crippen LogP contribution in [0.1, 0.15) is 41.1 Å². The summed E-state index contributed by atoms with van der Waals surface area (Å²) in [5, 5.41) is 8.67. The molecular formula is C9H11NO4. The Labute approximate surface area is 80.7 Å². The first kappa shape index (κ1) is 9.21. The first-order valence-corrected chi connectivity index (χ1v) is 4.50. The number of carboxylic acid groups (broad SMARTS) is 1. The lowest BCUT2D eigenvalue weighted by atomic mass is 10.1. The van der Waals surface area contributed by atoms with Crippen molar-refractivity contribution in [2.24, 2.45) is 0 Å². The highest BCUT2D eigenvalue weighted by Crippen LogP contribution is 2.30.